The maximum absolute atomic E-state index is 14.1. The number of esters is 1. The van der Waals surface area contributed by atoms with E-state index in [0.717, 1.165) is 50.5 Å². The van der Waals surface area contributed by atoms with Crippen molar-refractivity contribution in [1.82, 2.24) is 0 Å². The molecule has 0 radical (unpaired) electrons. The number of fused-ring (bicyclic) bond motifs is 5. The number of carbonyl (C=O) groups excluding carboxylic acids is 2. The molecule has 37 heavy (non-hydrogen) atoms. The van der Waals surface area contributed by atoms with E-state index in [1.807, 2.05) is 37.4 Å². The van der Waals surface area contributed by atoms with Crippen molar-refractivity contribution in [1.29, 1.82) is 0 Å². The fraction of sp³-hybridized carbons (Fsp3) is 0.750. The standard InChI is InChI=1S/C32H46O5/c1-20(10-13-29(35)37-19-21-8-6-5-7-9-21)24-11-12-25-30-26(18-28(34)32(24,25)3)31(2)15-14-23(33)16-22(31)17-27(30)36-4/h5-9,20,22-27,30,33H,10-19H2,1-4H3/t20-,22+,23-,24-,25+,26+,27-,30+,31+,32-/m1/s1. The Morgan fingerprint density at radius 1 is 1.11 bits per heavy atom. The number of benzene rings is 1. The van der Waals surface area contributed by atoms with E-state index in [1.165, 1.54) is 0 Å². The van der Waals surface area contributed by atoms with Crippen molar-refractivity contribution in [3.05, 3.63) is 35.9 Å². The Morgan fingerprint density at radius 2 is 1.86 bits per heavy atom. The second-order valence-corrected chi connectivity index (χ2v) is 13.2. The van der Waals surface area contributed by atoms with Crippen LogP contribution in [0.15, 0.2) is 30.3 Å². The maximum Gasteiger partial charge on any atom is 0.306 e. The average Bonchev–Trinajstić information content (AvgIpc) is 3.26. The van der Waals surface area contributed by atoms with E-state index in [0.29, 0.717) is 54.8 Å². The summed E-state index contributed by atoms with van der Waals surface area (Å²) >= 11 is 0. The summed E-state index contributed by atoms with van der Waals surface area (Å²) in [4.78, 5) is 26.6. The molecule has 0 heterocycles. The molecule has 204 valence electrons. The molecular formula is C32H46O5. The maximum atomic E-state index is 14.1. The first-order chi connectivity index (χ1) is 17.7. The van der Waals surface area contributed by atoms with Crippen molar-refractivity contribution >= 4 is 11.8 Å². The molecule has 0 spiro atoms. The zero-order valence-corrected chi connectivity index (χ0v) is 23.2. The minimum Gasteiger partial charge on any atom is -0.461 e. The third kappa shape index (κ3) is 4.69. The molecule has 1 aromatic carbocycles. The highest BCUT2D eigenvalue weighted by Crippen LogP contribution is 2.67. The minimum atomic E-state index is -0.345. The lowest BCUT2D eigenvalue weighted by Gasteiger charge is -2.62. The first-order valence-corrected chi connectivity index (χ1v) is 14.6. The monoisotopic (exact) mass is 510 g/mol. The molecule has 4 aliphatic carbocycles. The Labute approximate surface area is 222 Å². The number of ketones is 1. The Bertz CT molecular complexity index is 977. The highest BCUT2D eigenvalue weighted by molar-refractivity contribution is 5.87. The van der Waals surface area contributed by atoms with Crippen LogP contribution >= 0.6 is 0 Å². The Hall–Kier alpha value is -1.72. The van der Waals surface area contributed by atoms with E-state index in [1.54, 1.807) is 0 Å². The first kappa shape index (κ1) is 26.9. The van der Waals surface area contributed by atoms with E-state index < -0.39 is 0 Å². The number of aliphatic hydroxyl groups excluding tert-OH is 1. The zero-order valence-electron chi connectivity index (χ0n) is 23.2. The van der Waals surface area contributed by atoms with E-state index in [-0.39, 0.29) is 34.9 Å². The van der Waals surface area contributed by atoms with Crippen LogP contribution in [0, 0.1) is 46.3 Å². The number of Topliss-reactive ketones (excluding diaryl/α,β-unsaturated/α-hetero) is 1. The summed E-state index contributed by atoms with van der Waals surface area (Å²) in [5.74, 6) is 2.37. The van der Waals surface area contributed by atoms with Gasteiger partial charge in [-0.2, -0.15) is 0 Å². The van der Waals surface area contributed by atoms with Crippen molar-refractivity contribution in [2.45, 2.75) is 97.4 Å². The number of aliphatic hydroxyl groups is 1. The molecule has 1 aromatic rings. The Kier molecular flexibility index (Phi) is 7.59. The van der Waals surface area contributed by atoms with Gasteiger partial charge >= 0.3 is 5.97 Å². The molecule has 0 unspecified atom stereocenters. The fourth-order valence-electron chi connectivity index (χ4n) is 9.44. The SMILES string of the molecule is CO[C@@H]1C[C@@H]2C[C@H](O)CC[C@]2(C)[C@H]2CC(=O)[C@]3(C)[C@@H]([C@H](C)CCC(=O)OCc4ccccc4)CC[C@H]3[C@H]12. The fourth-order valence-corrected chi connectivity index (χ4v) is 9.44. The van der Waals surface area contributed by atoms with Crippen LogP contribution in [0.25, 0.3) is 0 Å². The van der Waals surface area contributed by atoms with E-state index in [4.69, 9.17) is 9.47 Å². The smallest absolute Gasteiger partial charge is 0.306 e. The second kappa shape index (κ2) is 10.4. The van der Waals surface area contributed by atoms with Gasteiger partial charge in [-0.05, 0) is 91.4 Å². The molecule has 4 saturated carbocycles. The van der Waals surface area contributed by atoms with Gasteiger partial charge in [0.1, 0.15) is 12.4 Å². The molecule has 5 heteroatoms. The predicted molar refractivity (Wildman–Crippen MR) is 142 cm³/mol. The number of hydrogen-bond donors (Lipinski definition) is 1. The molecule has 4 aliphatic rings. The third-order valence-electron chi connectivity index (χ3n) is 11.6. The predicted octanol–water partition coefficient (Wildman–Crippen LogP) is 5.97. The Balaban J connectivity index is 1.27. The molecule has 0 aliphatic heterocycles. The van der Waals surface area contributed by atoms with Crippen molar-refractivity contribution < 1.29 is 24.2 Å². The van der Waals surface area contributed by atoms with Crippen molar-refractivity contribution in [2.75, 3.05) is 7.11 Å². The van der Waals surface area contributed by atoms with Crippen LogP contribution in [0.2, 0.25) is 0 Å². The quantitative estimate of drug-likeness (QED) is 0.458. The molecule has 0 aromatic heterocycles. The summed E-state index contributed by atoms with van der Waals surface area (Å²) in [6.07, 6.45) is 7.56. The lowest BCUT2D eigenvalue weighted by molar-refractivity contribution is -0.186. The lowest BCUT2D eigenvalue weighted by atomic mass is 9.43. The van der Waals surface area contributed by atoms with Gasteiger partial charge in [0, 0.05) is 25.4 Å². The summed E-state index contributed by atoms with van der Waals surface area (Å²) in [7, 11) is 1.84. The van der Waals surface area contributed by atoms with Gasteiger partial charge in [0.15, 0.2) is 0 Å². The molecule has 5 nitrogen and oxygen atoms in total. The van der Waals surface area contributed by atoms with Gasteiger partial charge in [0.2, 0.25) is 0 Å². The van der Waals surface area contributed by atoms with Crippen LogP contribution in [-0.4, -0.2) is 36.2 Å². The number of methoxy groups -OCH3 is 1. The van der Waals surface area contributed by atoms with Crippen molar-refractivity contribution in [3.63, 3.8) is 0 Å². The lowest BCUT2D eigenvalue weighted by Crippen LogP contribution is -2.61. The Morgan fingerprint density at radius 3 is 2.59 bits per heavy atom. The molecule has 0 saturated heterocycles. The van der Waals surface area contributed by atoms with Crippen LogP contribution < -0.4 is 0 Å². The van der Waals surface area contributed by atoms with Crippen LogP contribution in [0.5, 0.6) is 0 Å². The number of ether oxygens (including phenoxy) is 2. The van der Waals surface area contributed by atoms with Gasteiger partial charge in [0.25, 0.3) is 0 Å². The van der Waals surface area contributed by atoms with Crippen molar-refractivity contribution in [2.24, 2.45) is 46.3 Å². The van der Waals surface area contributed by atoms with Crippen LogP contribution in [0.4, 0.5) is 0 Å². The third-order valence-corrected chi connectivity index (χ3v) is 11.6. The molecule has 10 atom stereocenters. The van der Waals surface area contributed by atoms with Gasteiger partial charge in [0.05, 0.1) is 12.2 Å². The normalized spacial score (nSPS) is 41.9. The van der Waals surface area contributed by atoms with Gasteiger partial charge in [-0.15, -0.1) is 0 Å². The summed E-state index contributed by atoms with van der Waals surface area (Å²) < 4.78 is 11.7. The second-order valence-electron chi connectivity index (χ2n) is 13.2. The number of rotatable bonds is 7. The van der Waals surface area contributed by atoms with Gasteiger partial charge in [-0.1, -0.05) is 51.1 Å². The first-order valence-electron chi connectivity index (χ1n) is 14.6. The average molecular weight is 511 g/mol. The zero-order chi connectivity index (χ0) is 26.4. The van der Waals surface area contributed by atoms with E-state index in [9.17, 15) is 14.7 Å². The van der Waals surface area contributed by atoms with Crippen LogP contribution in [0.3, 0.4) is 0 Å². The van der Waals surface area contributed by atoms with E-state index >= 15 is 0 Å². The summed E-state index contributed by atoms with van der Waals surface area (Å²) in [6, 6.07) is 9.79. The minimum absolute atomic E-state index is 0.113. The molecular weight excluding hydrogens is 464 g/mol. The molecule has 0 amide bonds. The summed E-state index contributed by atoms with van der Waals surface area (Å²) in [6.45, 7) is 7.19. The number of carbonyl (C=O) groups is 2. The van der Waals surface area contributed by atoms with E-state index in [2.05, 4.69) is 20.8 Å². The largest absolute Gasteiger partial charge is 0.461 e. The summed E-state index contributed by atoms with van der Waals surface area (Å²) in [5.41, 5.74) is 0.770. The van der Waals surface area contributed by atoms with Crippen LogP contribution in [0.1, 0.15) is 84.1 Å². The highest BCUT2D eigenvalue weighted by atomic mass is 16.5. The van der Waals surface area contributed by atoms with Gasteiger partial charge in [-0.25, -0.2) is 0 Å². The van der Waals surface area contributed by atoms with Gasteiger partial charge < -0.3 is 14.6 Å². The molecule has 1 N–H and O–H groups in total. The van der Waals surface area contributed by atoms with Crippen molar-refractivity contribution in [3.8, 4) is 0 Å². The topological polar surface area (TPSA) is 72.8 Å². The molecule has 5 rings (SSSR count). The molecule has 0 bridgehead atoms. The molecule has 4 fully saturated rings. The van der Waals surface area contributed by atoms with Gasteiger partial charge in [-0.3, -0.25) is 9.59 Å². The summed E-state index contributed by atoms with van der Waals surface area (Å²) in [5, 5.41) is 10.4. The highest BCUT2D eigenvalue weighted by Gasteiger charge is 2.66. The van der Waals surface area contributed by atoms with Crippen LogP contribution in [-0.2, 0) is 25.7 Å². The number of hydrogen-bond acceptors (Lipinski definition) is 5.